The lowest BCUT2D eigenvalue weighted by Gasteiger charge is -2.31. The van der Waals surface area contributed by atoms with Crippen molar-refractivity contribution in [1.82, 2.24) is 4.98 Å². The quantitative estimate of drug-likeness (QED) is 0.342. The summed E-state index contributed by atoms with van der Waals surface area (Å²) in [5, 5.41) is 2.87. The highest BCUT2D eigenvalue weighted by Crippen LogP contribution is 2.70. The van der Waals surface area contributed by atoms with Gasteiger partial charge in [-0.15, -0.1) is 0 Å². The van der Waals surface area contributed by atoms with E-state index in [9.17, 15) is 9.13 Å². The highest BCUT2D eigenvalue weighted by molar-refractivity contribution is 9.10. The van der Waals surface area contributed by atoms with Crippen molar-refractivity contribution in [2.75, 3.05) is 31.7 Å². The van der Waals surface area contributed by atoms with E-state index in [0.717, 1.165) is 0 Å². The minimum Gasteiger partial charge on any atom is -0.346 e. The van der Waals surface area contributed by atoms with Crippen LogP contribution in [0.15, 0.2) is 22.8 Å². The van der Waals surface area contributed by atoms with Crippen LogP contribution in [0.3, 0.4) is 0 Å². The molecule has 0 saturated carbocycles. The summed E-state index contributed by atoms with van der Waals surface area (Å²) in [6.45, 7) is 7.13. The topological polar surface area (TPSA) is 96.0 Å². The van der Waals surface area contributed by atoms with Crippen LogP contribution in [0.2, 0.25) is 0 Å². The number of rotatable bonds is 12. The summed E-state index contributed by atoms with van der Waals surface area (Å²) >= 11 is 3.26. The molecule has 0 spiro atoms. The van der Waals surface area contributed by atoms with Gasteiger partial charge in [-0.1, -0.05) is 6.07 Å². The molecule has 1 N–H and O–H groups in total. The molecule has 1 aromatic rings. The molecule has 0 saturated heterocycles. The van der Waals surface area contributed by atoms with Crippen LogP contribution in [0, 0.1) is 0 Å². The van der Waals surface area contributed by atoms with Gasteiger partial charge in [0.2, 0.25) is 5.52 Å². The Kier molecular flexibility index (Phi) is 9.82. The number of hydrogen-bond acceptors (Lipinski definition) is 8. The molecule has 0 unspecified atom stereocenters. The summed E-state index contributed by atoms with van der Waals surface area (Å²) in [6.07, 6.45) is 0. The monoisotopic (exact) mass is 458 g/mol. The van der Waals surface area contributed by atoms with Crippen LogP contribution < -0.4 is 5.32 Å². The molecule has 1 rings (SSSR count). The molecule has 0 aromatic carbocycles. The molecule has 0 bridgehead atoms. The van der Waals surface area contributed by atoms with Gasteiger partial charge in [-0.25, -0.2) is 4.98 Å². The van der Waals surface area contributed by atoms with Crippen molar-refractivity contribution in [2.45, 2.75) is 33.2 Å². The number of nitrogens with one attached hydrogen (secondary N) is 1. The van der Waals surface area contributed by atoms with E-state index in [2.05, 4.69) is 26.2 Å². The molecule has 11 heteroatoms. The van der Waals surface area contributed by atoms with E-state index in [4.69, 9.17) is 18.1 Å². The summed E-state index contributed by atoms with van der Waals surface area (Å²) in [5.41, 5.74) is -1.35. The van der Waals surface area contributed by atoms with E-state index < -0.39 is 20.7 Å². The van der Waals surface area contributed by atoms with Gasteiger partial charge in [0.15, 0.2) is 0 Å². The normalized spacial score (nSPS) is 12.6. The van der Waals surface area contributed by atoms with E-state index in [0.29, 0.717) is 10.4 Å². The fraction of sp³-hybridized carbons (Fsp3) is 0.643. The van der Waals surface area contributed by atoms with E-state index in [1.165, 1.54) is 0 Å². The average Bonchev–Trinajstić information content (AvgIpc) is 2.53. The van der Waals surface area contributed by atoms with Crippen LogP contribution in [0.25, 0.3) is 0 Å². The number of halogens is 1. The Labute approximate surface area is 157 Å². The molecular formula is C14H25BrN2O6P2. The van der Waals surface area contributed by atoms with Gasteiger partial charge in [0.25, 0.3) is 0 Å². The molecule has 1 heterocycles. The minimum absolute atomic E-state index is 0.111. The highest BCUT2D eigenvalue weighted by Gasteiger charge is 2.51. The summed E-state index contributed by atoms with van der Waals surface area (Å²) < 4.78 is 48.7. The van der Waals surface area contributed by atoms with Crippen LogP contribution in [-0.2, 0) is 27.2 Å². The molecule has 0 radical (unpaired) electrons. The van der Waals surface area contributed by atoms with Crippen LogP contribution >= 0.6 is 31.1 Å². The zero-order chi connectivity index (χ0) is 18.9. The molecule has 0 amide bonds. The van der Waals surface area contributed by atoms with E-state index in [-0.39, 0.29) is 26.4 Å². The van der Waals surface area contributed by atoms with Gasteiger partial charge < -0.3 is 23.4 Å². The Bertz CT molecular complexity index is 583. The largest absolute Gasteiger partial charge is 0.365 e. The molecule has 25 heavy (non-hydrogen) atoms. The van der Waals surface area contributed by atoms with Crippen LogP contribution in [0.1, 0.15) is 27.7 Å². The first kappa shape index (κ1) is 22.8. The van der Waals surface area contributed by atoms with Gasteiger partial charge >= 0.3 is 15.2 Å². The first-order valence-corrected chi connectivity index (χ1v) is 12.0. The fourth-order valence-electron chi connectivity index (χ4n) is 2.03. The fourth-order valence-corrected chi connectivity index (χ4v) is 7.29. The minimum atomic E-state index is -3.87. The third-order valence-electron chi connectivity index (χ3n) is 2.83. The van der Waals surface area contributed by atoms with Gasteiger partial charge in [-0.3, -0.25) is 9.13 Å². The predicted molar refractivity (Wildman–Crippen MR) is 101 cm³/mol. The maximum Gasteiger partial charge on any atom is 0.365 e. The van der Waals surface area contributed by atoms with E-state index in [1.54, 1.807) is 45.9 Å². The van der Waals surface area contributed by atoms with Crippen molar-refractivity contribution >= 4 is 36.9 Å². The summed E-state index contributed by atoms with van der Waals surface area (Å²) in [5.74, 6) is 0.332. The number of anilines is 1. The van der Waals surface area contributed by atoms with Crippen molar-refractivity contribution in [3.8, 4) is 0 Å². The van der Waals surface area contributed by atoms with Crippen molar-refractivity contribution in [3.63, 3.8) is 0 Å². The molecule has 0 fully saturated rings. The second kappa shape index (κ2) is 10.8. The first-order valence-electron chi connectivity index (χ1n) is 8.01. The molecule has 0 aliphatic carbocycles. The Hall–Kier alpha value is -0.270. The second-order valence-corrected chi connectivity index (χ2v) is 10.1. The molecule has 1 aromatic heterocycles. The zero-order valence-corrected chi connectivity index (χ0v) is 18.2. The Morgan fingerprint density at radius 2 is 1.40 bits per heavy atom. The molecule has 144 valence electrons. The number of hydrogen-bond donors (Lipinski definition) is 1. The molecular weight excluding hydrogens is 434 g/mol. The number of aromatic nitrogens is 1. The van der Waals surface area contributed by atoms with Crippen LogP contribution in [0.5, 0.6) is 0 Å². The summed E-state index contributed by atoms with van der Waals surface area (Å²) in [6, 6.07) is 5.10. The average molecular weight is 459 g/mol. The van der Waals surface area contributed by atoms with Crippen molar-refractivity contribution in [2.24, 2.45) is 0 Å². The Balaban J connectivity index is 3.37. The van der Waals surface area contributed by atoms with Crippen molar-refractivity contribution in [1.29, 1.82) is 0 Å². The third kappa shape index (κ3) is 6.43. The van der Waals surface area contributed by atoms with Crippen LogP contribution in [-0.4, -0.2) is 36.9 Å². The zero-order valence-electron chi connectivity index (χ0n) is 14.8. The number of nitrogens with zero attached hydrogens (tertiary/aromatic N) is 1. The van der Waals surface area contributed by atoms with Gasteiger partial charge in [0, 0.05) is 0 Å². The maximum absolute atomic E-state index is 13.3. The Morgan fingerprint density at radius 3 is 1.76 bits per heavy atom. The van der Waals surface area contributed by atoms with E-state index >= 15 is 0 Å². The van der Waals surface area contributed by atoms with Gasteiger partial charge in [0.05, 0.1) is 26.4 Å². The van der Waals surface area contributed by atoms with Crippen molar-refractivity contribution < 1.29 is 27.2 Å². The summed E-state index contributed by atoms with van der Waals surface area (Å²) in [7, 11) is -7.74. The highest BCUT2D eigenvalue weighted by atomic mass is 79.9. The first-order chi connectivity index (χ1) is 11.8. The standard InChI is InChI=1S/C14H25BrN2O6P2/c1-5-20-24(18,21-6-2)14(25(19,22-7-3)23-8-4)17-13-11-9-10-12(15)16-13/h9-11,14H,5-8H2,1-4H3,(H,16,17). The summed E-state index contributed by atoms with van der Waals surface area (Å²) in [4.78, 5) is 4.22. The lowest BCUT2D eigenvalue weighted by molar-refractivity contribution is 0.198. The van der Waals surface area contributed by atoms with Crippen molar-refractivity contribution in [3.05, 3.63) is 22.8 Å². The lowest BCUT2D eigenvalue weighted by Crippen LogP contribution is -2.26. The SMILES string of the molecule is CCOP(=O)(OCC)C(Nc1cccc(Br)n1)P(=O)(OCC)OCC. The molecule has 0 atom stereocenters. The third-order valence-corrected chi connectivity index (χ3v) is 8.89. The molecule has 0 aliphatic rings. The number of pyridine rings is 1. The second-order valence-electron chi connectivity index (χ2n) is 4.61. The van der Waals surface area contributed by atoms with Gasteiger partial charge in [-0.05, 0) is 55.8 Å². The van der Waals surface area contributed by atoms with Gasteiger partial charge in [0.1, 0.15) is 10.4 Å². The molecule has 0 aliphatic heterocycles. The van der Waals surface area contributed by atoms with Gasteiger partial charge in [-0.2, -0.15) is 0 Å². The lowest BCUT2D eigenvalue weighted by atomic mass is 10.5. The maximum atomic E-state index is 13.3. The van der Waals surface area contributed by atoms with E-state index in [1.807, 2.05) is 0 Å². The molecule has 8 nitrogen and oxygen atoms in total. The smallest absolute Gasteiger partial charge is 0.346 e. The Morgan fingerprint density at radius 1 is 0.960 bits per heavy atom. The predicted octanol–water partition coefficient (Wildman–Crippen LogP) is 5.07. The van der Waals surface area contributed by atoms with Crippen LogP contribution in [0.4, 0.5) is 5.82 Å².